The van der Waals surface area contributed by atoms with Crippen molar-refractivity contribution in [1.29, 1.82) is 0 Å². The highest BCUT2D eigenvalue weighted by atomic mass is 79.9. The second-order valence-electron chi connectivity index (χ2n) is 3.03. The number of aromatic amines is 1. The molecule has 0 aliphatic carbocycles. The smallest absolute Gasteiger partial charge is 0.354 e. The standard InChI is InChI=1S/C10H7BrFNO2/c1-15-10(14)9-3-5-2-7(12)6(11)4-8(5)13-9/h2-4,13H,1H3. The Bertz CT molecular complexity index is 496. The molecule has 0 radical (unpaired) electrons. The van der Waals surface area contributed by atoms with Crippen molar-refractivity contribution in [2.75, 3.05) is 7.11 Å². The first-order chi connectivity index (χ1) is 7.11. The molecule has 0 unspecified atom stereocenters. The normalized spacial score (nSPS) is 10.6. The van der Waals surface area contributed by atoms with Crippen molar-refractivity contribution in [1.82, 2.24) is 4.98 Å². The molecule has 0 saturated heterocycles. The lowest BCUT2D eigenvalue weighted by molar-refractivity contribution is 0.0595. The van der Waals surface area contributed by atoms with Crippen molar-refractivity contribution in [3.63, 3.8) is 0 Å². The van der Waals surface area contributed by atoms with Crippen LogP contribution in [0.3, 0.4) is 0 Å². The van der Waals surface area contributed by atoms with Gasteiger partial charge in [0, 0.05) is 10.9 Å². The van der Waals surface area contributed by atoms with Crippen LogP contribution in [0.25, 0.3) is 10.9 Å². The zero-order chi connectivity index (χ0) is 11.0. The number of ether oxygens (including phenoxy) is 1. The molecule has 0 amide bonds. The van der Waals surface area contributed by atoms with Crippen molar-refractivity contribution >= 4 is 32.8 Å². The van der Waals surface area contributed by atoms with Crippen molar-refractivity contribution in [3.05, 3.63) is 34.2 Å². The van der Waals surface area contributed by atoms with Gasteiger partial charge in [-0.25, -0.2) is 9.18 Å². The molecule has 0 bridgehead atoms. The first-order valence-corrected chi connectivity index (χ1v) is 4.97. The van der Waals surface area contributed by atoms with Gasteiger partial charge in [-0.3, -0.25) is 0 Å². The van der Waals surface area contributed by atoms with Crippen LogP contribution in [-0.2, 0) is 4.74 Å². The third-order valence-corrected chi connectivity index (χ3v) is 2.67. The maximum absolute atomic E-state index is 13.2. The van der Waals surface area contributed by atoms with Gasteiger partial charge in [0.2, 0.25) is 0 Å². The molecule has 0 saturated carbocycles. The molecule has 0 spiro atoms. The third-order valence-electron chi connectivity index (χ3n) is 2.07. The molecule has 2 rings (SSSR count). The molecule has 1 aromatic carbocycles. The lowest BCUT2D eigenvalue weighted by Crippen LogP contribution is -2.00. The molecule has 5 heteroatoms. The Morgan fingerprint density at radius 2 is 2.20 bits per heavy atom. The van der Waals surface area contributed by atoms with Gasteiger partial charge in [0.15, 0.2) is 0 Å². The Morgan fingerprint density at radius 3 is 2.87 bits per heavy atom. The summed E-state index contributed by atoms with van der Waals surface area (Å²) in [5.74, 6) is -0.833. The summed E-state index contributed by atoms with van der Waals surface area (Å²) in [7, 11) is 1.30. The third kappa shape index (κ3) is 1.74. The zero-order valence-electron chi connectivity index (χ0n) is 7.80. The zero-order valence-corrected chi connectivity index (χ0v) is 9.39. The van der Waals surface area contributed by atoms with E-state index in [-0.39, 0.29) is 5.82 Å². The minimum absolute atomic E-state index is 0.310. The van der Waals surface area contributed by atoms with Gasteiger partial charge in [0.05, 0.1) is 11.6 Å². The molecule has 78 valence electrons. The van der Waals surface area contributed by atoms with E-state index >= 15 is 0 Å². The van der Waals surface area contributed by atoms with Crippen LogP contribution >= 0.6 is 15.9 Å². The summed E-state index contributed by atoms with van der Waals surface area (Å²) in [5.41, 5.74) is 0.994. The molecular formula is C10H7BrFNO2. The number of hydrogen-bond acceptors (Lipinski definition) is 2. The Morgan fingerprint density at radius 1 is 1.47 bits per heavy atom. The minimum Gasteiger partial charge on any atom is -0.464 e. The number of methoxy groups -OCH3 is 1. The van der Waals surface area contributed by atoms with Crippen LogP contribution in [0.2, 0.25) is 0 Å². The molecule has 1 heterocycles. The van der Waals surface area contributed by atoms with Crippen molar-refractivity contribution in [2.24, 2.45) is 0 Å². The fraction of sp³-hybridized carbons (Fsp3) is 0.100. The number of carbonyl (C=O) groups excluding carboxylic acids is 1. The highest BCUT2D eigenvalue weighted by Gasteiger charge is 2.11. The molecule has 1 aromatic heterocycles. The van der Waals surface area contributed by atoms with Crippen LogP contribution in [0.4, 0.5) is 4.39 Å². The van der Waals surface area contributed by atoms with Gasteiger partial charge in [0.25, 0.3) is 0 Å². The Labute approximate surface area is 93.4 Å². The number of H-pyrrole nitrogens is 1. The number of fused-ring (bicyclic) bond motifs is 1. The highest BCUT2D eigenvalue weighted by Crippen LogP contribution is 2.23. The van der Waals surface area contributed by atoms with Crippen LogP contribution in [0.15, 0.2) is 22.7 Å². The van der Waals surface area contributed by atoms with E-state index in [2.05, 4.69) is 25.7 Å². The molecule has 0 atom stereocenters. The number of carbonyl (C=O) groups is 1. The molecular weight excluding hydrogens is 265 g/mol. The number of rotatable bonds is 1. The fourth-order valence-corrected chi connectivity index (χ4v) is 1.69. The SMILES string of the molecule is COC(=O)c1cc2cc(F)c(Br)cc2[nH]1. The molecule has 0 fully saturated rings. The Kier molecular flexibility index (Phi) is 2.48. The maximum atomic E-state index is 13.2. The number of esters is 1. The van der Waals surface area contributed by atoms with Crippen molar-refractivity contribution in [2.45, 2.75) is 0 Å². The first-order valence-electron chi connectivity index (χ1n) is 4.18. The summed E-state index contributed by atoms with van der Waals surface area (Å²) in [6, 6.07) is 4.48. The topological polar surface area (TPSA) is 42.1 Å². The largest absolute Gasteiger partial charge is 0.464 e. The number of benzene rings is 1. The monoisotopic (exact) mass is 271 g/mol. The number of halogens is 2. The summed E-state index contributed by atoms with van der Waals surface area (Å²) in [4.78, 5) is 14.0. The molecule has 0 aliphatic heterocycles. The lowest BCUT2D eigenvalue weighted by Gasteiger charge is -1.93. The van der Waals surface area contributed by atoms with Crippen LogP contribution < -0.4 is 0 Å². The van der Waals surface area contributed by atoms with E-state index in [1.165, 1.54) is 13.2 Å². The van der Waals surface area contributed by atoms with E-state index in [9.17, 15) is 9.18 Å². The van der Waals surface area contributed by atoms with Gasteiger partial charge in [-0.15, -0.1) is 0 Å². The van der Waals surface area contributed by atoms with E-state index in [0.717, 1.165) is 0 Å². The van der Waals surface area contributed by atoms with E-state index in [1.54, 1.807) is 12.1 Å². The van der Waals surface area contributed by atoms with E-state index in [0.29, 0.717) is 21.1 Å². The summed E-state index contributed by atoms with van der Waals surface area (Å²) >= 11 is 3.07. The van der Waals surface area contributed by atoms with Gasteiger partial charge in [-0.05, 0) is 34.1 Å². The quantitative estimate of drug-likeness (QED) is 0.811. The average molecular weight is 272 g/mol. The van der Waals surface area contributed by atoms with Gasteiger partial charge in [-0.2, -0.15) is 0 Å². The Balaban J connectivity index is 2.61. The van der Waals surface area contributed by atoms with Gasteiger partial charge >= 0.3 is 5.97 Å². The maximum Gasteiger partial charge on any atom is 0.354 e. The Hall–Kier alpha value is -1.36. The predicted molar refractivity (Wildman–Crippen MR) is 57.3 cm³/mol. The van der Waals surface area contributed by atoms with Crippen LogP contribution in [0.1, 0.15) is 10.5 Å². The van der Waals surface area contributed by atoms with Crippen molar-refractivity contribution < 1.29 is 13.9 Å². The van der Waals surface area contributed by atoms with Gasteiger partial charge < -0.3 is 9.72 Å². The molecule has 15 heavy (non-hydrogen) atoms. The number of aromatic nitrogens is 1. The minimum atomic E-state index is -0.470. The predicted octanol–water partition coefficient (Wildman–Crippen LogP) is 2.86. The number of hydrogen-bond donors (Lipinski definition) is 1. The molecule has 3 nitrogen and oxygen atoms in total. The molecule has 0 aliphatic rings. The molecule has 1 N–H and O–H groups in total. The second kappa shape index (κ2) is 3.66. The first kappa shape index (κ1) is 10.2. The van der Waals surface area contributed by atoms with E-state index in [4.69, 9.17) is 0 Å². The lowest BCUT2D eigenvalue weighted by atomic mass is 10.2. The summed E-state index contributed by atoms with van der Waals surface area (Å²) in [6.07, 6.45) is 0. The summed E-state index contributed by atoms with van der Waals surface area (Å²) < 4.78 is 18.1. The second-order valence-corrected chi connectivity index (χ2v) is 3.88. The van der Waals surface area contributed by atoms with E-state index < -0.39 is 5.97 Å². The molecule has 2 aromatic rings. The van der Waals surface area contributed by atoms with Crippen LogP contribution in [0.5, 0.6) is 0 Å². The van der Waals surface area contributed by atoms with Crippen LogP contribution in [0, 0.1) is 5.82 Å². The van der Waals surface area contributed by atoms with Gasteiger partial charge in [-0.1, -0.05) is 0 Å². The average Bonchev–Trinajstić information content (AvgIpc) is 2.60. The summed E-state index contributed by atoms with van der Waals surface area (Å²) in [5, 5.41) is 0.635. The van der Waals surface area contributed by atoms with E-state index in [1.807, 2.05) is 0 Å². The summed E-state index contributed by atoms with van der Waals surface area (Å²) in [6.45, 7) is 0. The number of nitrogens with one attached hydrogen (secondary N) is 1. The fourth-order valence-electron chi connectivity index (χ4n) is 1.35. The van der Waals surface area contributed by atoms with Gasteiger partial charge in [0.1, 0.15) is 11.5 Å². The highest BCUT2D eigenvalue weighted by molar-refractivity contribution is 9.10. The van der Waals surface area contributed by atoms with Crippen LogP contribution in [-0.4, -0.2) is 18.1 Å². The van der Waals surface area contributed by atoms with Crippen molar-refractivity contribution in [3.8, 4) is 0 Å².